The summed E-state index contributed by atoms with van der Waals surface area (Å²) >= 11 is 0. The third-order valence-corrected chi connectivity index (χ3v) is 4.89. The van der Waals surface area contributed by atoms with Crippen molar-refractivity contribution in [3.05, 3.63) is 12.7 Å². The van der Waals surface area contributed by atoms with Crippen molar-refractivity contribution in [2.45, 2.75) is 44.3 Å². The SMILES string of the molecule is C=CC[C@H](C)[C@@H](CC1CCC1)S(N)(=O)=O. The zero-order valence-corrected chi connectivity index (χ0v) is 10.2. The minimum atomic E-state index is -3.41. The van der Waals surface area contributed by atoms with E-state index in [4.69, 9.17) is 5.14 Å². The maximum atomic E-state index is 11.5. The van der Waals surface area contributed by atoms with Crippen LogP contribution in [0, 0.1) is 11.8 Å². The van der Waals surface area contributed by atoms with Crippen molar-refractivity contribution in [2.75, 3.05) is 0 Å². The van der Waals surface area contributed by atoms with Crippen molar-refractivity contribution in [3.63, 3.8) is 0 Å². The lowest BCUT2D eigenvalue weighted by Gasteiger charge is -2.31. The predicted molar refractivity (Wildman–Crippen MR) is 62.8 cm³/mol. The maximum Gasteiger partial charge on any atom is 0.212 e. The van der Waals surface area contributed by atoms with Crippen LogP contribution in [0.2, 0.25) is 0 Å². The van der Waals surface area contributed by atoms with Crippen LogP contribution in [0.1, 0.15) is 39.0 Å². The minimum Gasteiger partial charge on any atom is -0.228 e. The molecule has 88 valence electrons. The summed E-state index contributed by atoms with van der Waals surface area (Å²) < 4.78 is 22.9. The van der Waals surface area contributed by atoms with Crippen LogP contribution >= 0.6 is 0 Å². The normalized spacial score (nSPS) is 21.7. The van der Waals surface area contributed by atoms with Crippen LogP contribution in [0.4, 0.5) is 0 Å². The van der Waals surface area contributed by atoms with Gasteiger partial charge in [-0.3, -0.25) is 0 Å². The summed E-state index contributed by atoms with van der Waals surface area (Å²) in [6, 6.07) is 0. The Labute approximate surface area is 92.8 Å². The van der Waals surface area contributed by atoms with Crippen molar-refractivity contribution >= 4 is 10.0 Å². The van der Waals surface area contributed by atoms with Crippen LogP contribution in [-0.4, -0.2) is 13.7 Å². The zero-order valence-electron chi connectivity index (χ0n) is 9.35. The van der Waals surface area contributed by atoms with E-state index in [1.165, 1.54) is 6.42 Å². The second kappa shape index (κ2) is 5.12. The highest BCUT2D eigenvalue weighted by atomic mass is 32.2. The van der Waals surface area contributed by atoms with Gasteiger partial charge in [-0.2, -0.15) is 0 Å². The molecule has 0 saturated heterocycles. The summed E-state index contributed by atoms with van der Waals surface area (Å²) in [6.45, 7) is 5.58. The van der Waals surface area contributed by atoms with Gasteiger partial charge in [0.25, 0.3) is 0 Å². The van der Waals surface area contributed by atoms with Gasteiger partial charge in [0, 0.05) is 0 Å². The highest BCUT2D eigenvalue weighted by Gasteiger charge is 2.32. The number of sulfonamides is 1. The minimum absolute atomic E-state index is 0.0816. The Balaban J connectivity index is 2.63. The number of nitrogens with two attached hydrogens (primary N) is 1. The maximum absolute atomic E-state index is 11.5. The molecule has 0 aromatic carbocycles. The third kappa shape index (κ3) is 3.61. The van der Waals surface area contributed by atoms with Gasteiger partial charge in [0.1, 0.15) is 0 Å². The Morgan fingerprint density at radius 3 is 2.47 bits per heavy atom. The summed E-state index contributed by atoms with van der Waals surface area (Å²) in [5, 5.41) is 4.89. The van der Waals surface area contributed by atoms with Crippen molar-refractivity contribution in [1.29, 1.82) is 0 Å². The fraction of sp³-hybridized carbons (Fsp3) is 0.818. The van der Waals surface area contributed by atoms with Crippen LogP contribution in [-0.2, 0) is 10.0 Å². The van der Waals surface area contributed by atoms with E-state index in [0.29, 0.717) is 12.3 Å². The van der Waals surface area contributed by atoms with E-state index in [2.05, 4.69) is 6.58 Å². The predicted octanol–water partition coefficient (Wildman–Crippen LogP) is 2.05. The average Bonchev–Trinajstić information content (AvgIpc) is 1.99. The highest BCUT2D eigenvalue weighted by molar-refractivity contribution is 7.89. The Bertz CT molecular complexity index is 307. The molecule has 0 aromatic heterocycles. The van der Waals surface area contributed by atoms with E-state index in [-0.39, 0.29) is 11.2 Å². The fourth-order valence-corrected chi connectivity index (χ4v) is 3.46. The molecule has 0 aliphatic heterocycles. The number of primary sulfonamides is 1. The summed E-state index contributed by atoms with van der Waals surface area (Å²) in [4.78, 5) is 0. The van der Waals surface area contributed by atoms with Crippen LogP contribution < -0.4 is 5.14 Å². The summed E-state index contributed by atoms with van der Waals surface area (Å²) in [5.74, 6) is 0.652. The summed E-state index contributed by atoms with van der Waals surface area (Å²) in [6.07, 6.45) is 6.77. The Hall–Kier alpha value is -0.350. The molecule has 0 amide bonds. The topological polar surface area (TPSA) is 60.2 Å². The van der Waals surface area contributed by atoms with Gasteiger partial charge in [-0.05, 0) is 24.7 Å². The molecular formula is C11H21NO2S. The first-order valence-corrected chi connectivity index (χ1v) is 7.18. The number of hydrogen-bond acceptors (Lipinski definition) is 2. The van der Waals surface area contributed by atoms with E-state index < -0.39 is 10.0 Å². The first kappa shape index (κ1) is 12.7. The molecule has 0 radical (unpaired) electrons. The molecule has 1 fully saturated rings. The number of hydrogen-bond donors (Lipinski definition) is 1. The Kier molecular flexibility index (Phi) is 4.34. The van der Waals surface area contributed by atoms with Crippen molar-refractivity contribution < 1.29 is 8.42 Å². The van der Waals surface area contributed by atoms with Gasteiger partial charge in [-0.1, -0.05) is 32.3 Å². The number of allylic oxidation sites excluding steroid dienone is 1. The summed E-state index contributed by atoms with van der Waals surface area (Å²) in [5.41, 5.74) is 0. The zero-order chi connectivity index (χ0) is 11.5. The van der Waals surface area contributed by atoms with Crippen LogP contribution in [0.15, 0.2) is 12.7 Å². The van der Waals surface area contributed by atoms with Crippen LogP contribution in [0.3, 0.4) is 0 Å². The molecule has 3 nitrogen and oxygen atoms in total. The van der Waals surface area contributed by atoms with Gasteiger partial charge < -0.3 is 0 Å². The lowest BCUT2D eigenvalue weighted by Crippen LogP contribution is -2.36. The van der Waals surface area contributed by atoms with E-state index in [1.54, 1.807) is 6.08 Å². The lowest BCUT2D eigenvalue weighted by molar-refractivity contribution is 0.274. The molecule has 1 aliphatic rings. The van der Waals surface area contributed by atoms with Gasteiger partial charge in [0.2, 0.25) is 10.0 Å². The Morgan fingerprint density at radius 2 is 2.13 bits per heavy atom. The van der Waals surface area contributed by atoms with Crippen LogP contribution in [0.5, 0.6) is 0 Å². The fourth-order valence-electron chi connectivity index (χ4n) is 2.16. The van der Waals surface area contributed by atoms with Gasteiger partial charge in [0.05, 0.1) is 5.25 Å². The summed E-state index contributed by atoms with van der Waals surface area (Å²) in [7, 11) is -3.41. The first-order chi connectivity index (χ1) is 6.95. The monoisotopic (exact) mass is 231 g/mol. The molecule has 0 heterocycles. The van der Waals surface area contributed by atoms with Crippen molar-refractivity contribution in [1.82, 2.24) is 0 Å². The average molecular weight is 231 g/mol. The van der Waals surface area contributed by atoms with E-state index >= 15 is 0 Å². The quantitative estimate of drug-likeness (QED) is 0.711. The molecule has 0 aromatic rings. The molecule has 4 heteroatoms. The molecule has 2 N–H and O–H groups in total. The molecule has 1 aliphatic carbocycles. The van der Waals surface area contributed by atoms with Gasteiger partial charge in [-0.25, -0.2) is 13.6 Å². The van der Waals surface area contributed by atoms with E-state index in [0.717, 1.165) is 19.3 Å². The van der Waals surface area contributed by atoms with Gasteiger partial charge in [-0.15, -0.1) is 6.58 Å². The van der Waals surface area contributed by atoms with Crippen molar-refractivity contribution in [2.24, 2.45) is 17.0 Å². The largest absolute Gasteiger partial charge is 0.228 e. The second-order valence-corrected chi connectivity index (χ2v) is 6.45. The highest BCUT2D eigenvalue weighted by Crippen LogP contribution is 2.34. The lowest BCUT2D eigenvalue weighted by atomic mass is 9.80. The molecule has 0 unspecified atom stereocenters. The van der Waals surface area contributed by atoms with E-state index in [9.17, 15) is 8.42 Å². The molecule has 1 saturated carbocycles. The van der Waals surface area contributed by atoms with E-state index in [1.807, 2.05) is 6.92 Å². The molecular weight excluding hydrogens is 210 g/mol. The number of rotatable bonds is 6. The molecule has 1 rings (SSSR count). The van der Waals surface area contributed by atoms with Gasteiger partial charge in [0.15, 0.2) is 0 Å². The first-order valence-electron chi connectivity index (χ1n) is 5.57. The molecule has 2 atom stereocenters. The Morgan fingerprint density at radius 1 is 1.53 bits per heavy atom. The van der Waals surface area contributed by atoms with Crippen molar-refractivity contribution in [3.8, 4) is 0 Å². The standard InChI is InChI=1S/C11H21NO2S/c1-3-5-9(2)11(15(12,13)14)8-10-6-4-7-10/h3,9-11H,1,4-8H2,2H3,(H2,12,13,14)/t9-,11+/m0/s1. The third-order valence-electron chi connectivity index (χ3n) is 3.39. The molecule has 15 heavy (non-hydrogen) atoms. The molecule has 0 bridgehead atoms. The van der Waals surface area contributed by atoms with Gasteiger partial charge >= 0.3 is 0 Å². The van der Waals surface area contributed by atoms with Crippen LogP contribution in [0.25, 0.3) is 0 Å². The second-order valence-electron chi connectivity index (χ2n) is 4.66. The smallest absolute Gasteiger partial charge is 0.212 e. The molecule has 0 spiro atoms.